The van der Waals surface area contributed by atoms with Crippen molar-refractivity contribution in [1.29, 1.82) is 0 Å². The predicted molar refractivity (Wildman–Crippen MR) is 88.6 cm³/mol. The molecule has 1 atom stereocenters. The SMILES string of the molecule is CCCCC(=O)C(CC(=O)c1cccc(O)c1)c1cccs1. The number of phenolic OH excluding ortho intramolecular Hbond substituents is 1. The van der Waals surface area contributed by atoms with Gasteiger partial charge in [0.1, 0.15) is 11.5 Å². The van der Waals surface area contributed by atoms with Crippen LogP contribution in [0.4, 0.5) is 0 Å². The Hall–Kier alpha value is -1.94. The van der Waals surface area contributed by atoms with Crippen LogP contribution in [-0.2, 0) is 4.79 Å². The van der Waals surface area contributed by atoms with Crippen LogP contribution in [0.5, 0.6) is 5.75 Å². The second-order valence-electron chi connectivity index (χ2n) is 5.32. The summed E-state index contributed by atoms with van der Waals surface area (Å²) >= 11 is 1.51. The van der Waals surface area contributed by atoms with E-state index in [0.29, 0.717) is 12.0 Å². The van der Waals surface area contributed by atoms with E-state index in [1.54, 1.807) is 12.1 Å². The Kier molecular flexibility index (Phi) is 5.90. The van der Waals surface area contributed by atoms with Crippen LogP contribution in [-0.4, -0.2) is 16.7 Å². The lowest BCUT2D eigenvalue weighted by Gasteiger charge is -2.14. The van der Waals surface area contributed by atoms with E-state index in [4.69, 9.17) is 0 Å². The molecule has 22 heavy (non-hydrogen) atoms. The molecule has 1 heterocycles. The normalized spacial score (nSPS) is 12.0. The Morgan fingerprint density at radius 2 is 2.05 bits per heavy atom. The van der Waals surface area contributed by atoms with Gasteiger partial charge in [0.15, 0.2) is 5.78 Å². The van der Waals surface area contributed by atoms with Gasteiger partial charge in [-0.05, 0) is 30.0 Å². The number of carbonyl (C=O) groups excluding carboxylic acids is 2. The Bertz CT molecular complexity index is 632. The summed E-state index contributed by atoms with van der Waals surface area (Å²) in [5, 5.41) is 11.4. The van der Waals surface area contributed by atoms with Gasteiger partial charge in [0.25, 0.3) is 0 Å². The Morgan fingerprint density at radius 3 is 2.68 bits per heavy atom. The molecule has 116 valence electrons. The van der Waals surface area contributed by atoms with Crippen molar-refractivity contribution in [3.8, 4) is 5.75 Å². The fourth-order valence-electron chi connectivity index (χ4n) is 2.37. The van der Waals surface area contributed by atoms with Crippen molar-refractivity contribution >= 4 is 22.9 Å². The zero-order chi connectivity index (χ0) is 15.9. The van der Waals surface area contributed by atoms with Gasteiger partial charge >= 0.3 is 0 Å². The summed E-state index contributed by atoms with van der Waals surface area (Å²) in [6.45, 7) is 2.05. The fraction of sp³-hybridized carbons (Fsp3) is 0.333. The van der Waals surface area contributed by atoms with Crippen molar-refractivity contribution in [2.24, 2.45) is 0 Å². The fourth-order valence-corrected chi connectivity index (χ4v) is 3.22. The smallest absolute Gasteiger partial charge is 0.164 e. The molecule has 1 aromatic heterocycles. The lowest BCUT2D eigenvalue weighted by molar-refractivity contribution is -0.120. The highest BCUT2D eigenvalue weighted by molar-refractivity contribution is 7.10. The van der Waals surface area contributed by atoms with Crippen molar-refractivity contribution in [1.82, 2.24) is 0 Å². The number of ketones is 2. The number of hydrogen-bond donors (Lipinski definition) is 1. The van der Waals surface area contributed by atoms with Gasteiger partial charge in [0, 0.05) is 23.3 Å². The van der Waals surface area contributed by atoms with E-state index < -0.39 is 0 Å². The van der Waals surface area contributed by atoms with E-state index in [9.17, 15) is 14.7 Å². The summed E-state index contributed by atoms with van der Waals surface area (Å²) in [5.41, 5.74) is 0.449. The molecule has 1 aromatic carbocycles. The van der Waals surface area contributed by atoms with Gasteiger partial charge in [-0.2, -0.15) is 0 Å². The third kappa shape index (κ3) is 4.28. The number of benzene rings is 1. The molecule has 0 saturated carbocycles. The average molecular weight is 316 g/mol. The average Bonchev–Trinajstić information content (AvgIpc) is 3.04. The molecular weight excluding hydrogens is 296 g/mol. The zero-order valence-corrected chi connectivity index (χ0v) is 13.4. The number of Topliss-reactive ketones (excluding diaryl/α,β-unsaturated/α-hetero) is 2. The number of hydrogen-bond acceptors (Lipinski definition) is 4. The van der Waals surface area contributed by atoms with Gasteiger partial charge in [-0.15, -0.1) is 11.3 Å². The summed E-state index contributed by atoms with van der Waals surface area (Å²) in [7, 11) is 0. The molecule has 1 unspecified atom stereocenters. The minimum absolute atomic E-state index is 0.0656. The summed E-state index contributed by atoms with van der Waals surface area (Å²) in [4.78, 5) is 25.8. The molecular formula is C18H20O3S. The van der Waals surface area contributed by atoms with Crippen LogP contribution in [0.25, 0.3) is 0 Å². The Balaban J connectivity index is 2.16. The number of thiophene rings is 1. The first-order valence-corrected chi connectivity index (χ1v) is 8.38. The van der Waals surface area contributed by atoms with E-state index >= 15 is 0 Å². The highest BCUT2D eigenvalue weighted by Gasteiger charge is 2.24. The molecule has 0 amide bonds. The molecule has 0 bridgehead atoms. The molecule has 0 saturated heterocycles. The van der Waals surface area contributed by atoms with Crippen LogP contribution in [0.15, 0.2) is 41.8 Å². The number of aromatic hydroxyl groups is 1. The molecule has 2 rings (SSSR count). The number of carbonyl (C=O) groups is 2. The molecule has 0 aliphatic heterocycles. The van der Waals surface area contributed by atoms with Crippen LogP contribution in [0, 0.1) is 0 Å². The summed E-state index contributed by atoms with van der Waals surface area (Å²) in [6.07, 6.45) is 2.48. The predicted octanol–water partition coefficient (Wildman–Crippen LogP) is 4.57. The maximum atomic E-state index is 12.4. The summed E-state index contributed by atoms with van der Waals surface area (Å²) < 4.78 is 0. The summed E-state index contributed by atoms with van der Waals surface area (Å²) in [5.74, 6) is -0.297. The molecule has 0 fully saturated rings. The van der Waals surface area contributed by atoms with Crippen LogP contribution >= 0.6 is 11.3 Å². The van der Waals surface area contributed by atoms with Crippen molar-refractivity contribution in [2.75, 3.05) is 0 Å². The van der Waals surface area contributed by atoms with Gasteiger partial charge in [0.2, 0.25) is 0 Å². The summed E-state index contributed by atoms with van der Waals surface area (Å²) in [6, 6.07) is 10.1. The van der Waals surface area contributed by atoms with Crippen LogP contribution in [0.2, 0.25) is 0 Å². The minimum atomic E-state index is -0.374. The van der Waals surface area contributed by atoms with E-state index in [-0.39, 0.29) is 29.7 Å². The van der Waals surface area contributed by atoms with E-state index in [2.05, 4.69) is 0 Å². The van der Waals surface area contributed by atoms with Gasteiger partial charge < -0.3 is 5.11 Å². The van der Waals surface area contributed by atoms with E-state index in [1.807, 2.05) is 24.4 Å². The monoisotopic (exact) mass is 316 g/mol. The zero-order valence-electron chi connectivity index (χ0n) is 12.6. The third-order valence-corrected chi connectivity index (χ3v) is 4.60. The van der Waals surface area contributed by atoms with Crippen molar-refractivity contribution < 1.29 is 14.7 Å². The second kappa shape index (κ2) is 7.90. The topological polar surface area (TPSA) is 54.4 Å². The highest BCUT2D eigenvalue weighted by Crippen LogP contribution is 2.29. The van der Waals surface area contributed by atoms with Gasteiger partial charge in [-0.1, -0.05) is 31.5 Å². The van der Waals surface area contributed by atoms with Crippen LogP contribution in [0.1, 0.15) is 53.8 Å². The maximum absolute atomic E-state index is 12.4. The Labute approximate surface area is 134 Å². The molecule has 0 spiro atoms. The molecule has 1 N–H and O–H groups in total. The Morgan fingerprint density at radius 1 is 1.23 bits per heavy atom. The van der Waals surface area contributed by atoms with E-state index in [1.165, 1.54) is 23.5 Å². The largest absolute Gasteiger partial charge is 0.508 e. The quantitative estimate of drug-likeness (QED) is 0.726. The molecule has 0 radical (unpaired) electrons. The number of phenols is 1. The first-order chi connectivity index (χ1) is 10.6. The number of rotatable bonds is 8. The van der Waals surface area contributed by atoms with Crippen LogP contribution < -0.4 is 0 Å². The van der Waals surface area contributed by atoms with Crippen molar-refractivity contribution in [2.45, 2.75) is 38.5 Å². The van der Waals surface area contributed by atoms with Crippen LogP contribution in [0.3, 0.4) is 0 Å². The van der Waals surface area contributed by atoms with Crippen molar-refractivity contribution in [3.05, 3.63) is 52.2 Å². The van der Waals surface area contributed by atoms with Gasteiger partial charge in [-0.25, -0.2) is 0 Å². The second-order valence-corrected chi connectivity index (χ2v) is 6.29. The molecule has 0 aliphatic rings. The first kappa shape index (κ1) is 16.4. The standard InChI is InChI=1S/C18H20O3S/c1-2-3-8-16(20)15(18-9-5-10-22-18)12-17(21)13-6-4-7-14(19)11-13/h4-7,9-11,15,19H,2-3,8,12H2,1H3. The molecule has 4 heteroatoms. The molecule has 3 nitrogen and oxygen atoms in total. The maximum Gasteiger partial charge on any atom is 0.164 e. The first-order valence-electron chi connectivity index (χ1n) is 7.50. The highest BCUT2D eigenvalue weighted by atomic mass is 32.1. The third-order valence-electron chi connectivity index (χ3n) is 3.61. The van der Waals surface area contributed by atoms with Crippen molar-refractivity contribution in [3.63, 3.8) is 0 Å². The minimum Gasteiger partial charge on any atom is -0.508 e. The van der Waals surface area contributed by atoms with Gasteiger partial charge in [-0.3, -0.25) is 9.59 Å². The lowest BCUT2D eigenvalue weighted by atomic mass is 9.91. The van der Waals surface area contributed by atoms with E-state index in [0.717, 1.165) is 17.7 Å². The lowest BCUT2D eigenvalue weighted by Crippen LogP contribution is -2.16. The van der Waals surface area contributed by atoms with Gasteiger partial charge in [0.05, 0.1) is 5.92 Å². The molecule has 2 aromatic rings. The molecule has 0 aliphatic carbocycles. The number of unbranched alkanes of at least 4 members (excludes halogenated alkanes) is 1.